The fourth-order valence-electron chi connectivity index (χ4n) is 4.48. The molecule has 1 aliphatic rings. The maximum absolute atomic E-state index is 15.1. The summed E-state index contributed by atoms with van der Waals surface area (Å²) in [5.41, 5.74) is 1.67. The summed E-state index contributed by atoms with van der Waals surface area (Å²) in [5.74, 6) is -0.956. The van der Waals surface area contributed by atoms with Crippen molar-refractivity contribution in [2.24, 2.45) is 5.41 Å². The zero-order valence-corrected chi connectivity index (χ0v) is 22.5. The lowest BCUT2D eigenvalue weighted by Gasteiger charge is -2.36. The summed E-state index contributed by atoms with van der Waals surface area (Å²) < 4.78 is 15.7. The lowest BCUT2D eigenvalue weighted by Crippen LogP contribution is -2.43. The summed E-state index contributed by atoms with van der Waals surface area (Å²) in [6.45, 7) is 5.06. The van der Waals surface area contributed by atoms with Crippen LogP contribution in [-0.4, -0.2) is 56.7 Å². The molecule has 0 bridgehead atoms. The van der Waals surface area contributed by atoms with Gasteiger partial charge in [-0.2, -0.15) is 5.26 Å². The molecule has 204 valence electrons. The number of carbonyl (C=O) groups excluding carboxylic acids is 1. The molecule has 0 saturated carbocycles. The van der Waals surface area contributed by atoms with Crippen LogP contribution >= 0.6 is 11.3 Å². The highest BCUT2D eigenvalue weighted by Crippen LogP contribution is 2.39. The third-order valence-electron chi connectivity index (χ3n) is 6.91. The van der Waals surface area contributed by atoms with Gasteiger partial charge in [-0.25, -0.2) is 24.1 Å². The van der Waals surface area contributed by atoms with E-state index in [-0.39, 0.29) is 11.3 Å². The van der Waals surface area contributed by atoms with Gasteiger partial charge in [0.1, 0.15) is 11.8 Å². The normalized spacial score (nSPS) is 14.5. The van der Waals surface area contributed by atoms with E-state index in [0.717, 1.165) is 6.07 Å². The molecule has 3 aromatic heterocycles. The number of carboxylic acid groups (broad SMARTS) is 1. The highest BCUT2D eigenvalue weighted by molar-refractivity contribution is 7.22. The number of fused-ring (bicyclic) bond motifs is 1. The Bertz CT molecular complexity index is 1640. The van der Waals surface area contributed by atoms with Gasteiger partial charge >= 0.3 is 12.0 Å². The molecule has 0 radical (unpaired) electrons. The number of nitrogens with one attached hydrogen (secondary N) is 2. The fourth-order valence-corrected chi connectivity index (χ4v) is 5.43. The van der Waals surface area contributed by atoms with Crippen molar-refractivity contribution in [3.05, 3.63) is 48.2 Å². The first kappa shape index (κ1) is 26.9. The van der Waals surface area contributed by atoms with Crippen molar-refractivity contribution < 1.29 is 19.1 Å². The fraction of sp³-hybridized carbons (Fsp3) is 0.296. The van der Waals surface area contributed by atoms with Crippen LogP contribution in [0.25, 0.3) is 32.6 Å². The van der Waals surface area contributed by atoms with Crippen molar-refractivity contribution >= 4 is 44.6 Å². The quantitative estimate of drug-likeness (QED) is 0.305. The van der Waals surface area contributed by atoms with Gasteiger partial charge in [-0.15, -0.1) is 0 Å². The largest absolute Gasteiger partial charge is 0.481 e. The van der Waals surface area contributed by atoms with Gasteiger partial charge in [0.15, 0.2) is 10.9 Å². The zero-order valence-electron chi connectivity index (χ0n) is 21.7. The van der Waals surface area contributed by atoms with Crippen molar-refractivity contribution in [1.82, 2.24) is 25.3 Å². The monoisotopic (exact) mass is 560 g/mol. The highest BCUT2D eigenvalue weighted by Gasteiger charge is 2.37. The second-order valence-corrected chi connectivity index (χ2v) is 10.7. The van der Waals surface area contributed by atoms with E-state index in [9.17, 15) is 14.7 Å². The van der Waals surface area contributed by atoms with Gasteiger partial charge in [-0.1, -0.05) is 11.3 Å². The number of benzene rings is 1. The Balaban J connectivity index is 1.51. The molecule has 4 aromatic rings. The molecule has 1 aliphatic heterocycles. The van der Waals surface area contributed by atoms with Gasteiger partial charge in [0.05, 0.1) is 21.2 Å². The molecule has 40 heavy (non-hydrogen) atoms. The molecule has 13 heteroatoms. The smallest absolute Gasteiger partial charge is 0.321 e. The Kier molecular flexibility index (Phi) is 7.27. The van der Waals surface area contributed by atoms with Crippen LogP contribution in [0.1, 0.15) is 32.3 Å². The zero-order chi connectivity index (χ0) is 28.4. The Labute approximate surface area is 232 Å². The van der Waals surface area contributed by atoms with E-state index in [1.807, 2.05) is 11.0 Å². The van der Waals surface area contributed by atoms with Crippen LogP contribution in [0.2, 0.25) is 0 Å². The number of nitrogens with zero attached hydrogens (tertiary/aromatic N) is 6. The van der Waals surface area contributed by atoms with Gasteiger partial charge in [0, 0.05) is 49.4 Å². The van der Waals surface area contributed by atoms with E-state index in [1.54, 1.807) is 38.4 Å². The van der Waals surface area contributed by atoms with E-state index in [2.05, 4.69) is 30.6 Å². The number of rotatable bonds is 6. The predicted octanol–water partition coefficient (Wildman–Crippen LogP) is 4.66. The van der Waals surface area contributed by atoms with Crippen LogP contribution in [0.4, 0.5) is 20.3 Å². The van der Waals surface area contributed by atoms with Crippen molar-refractivity contribution in [3.8, 4) is 28.5 Å². The van der Waals surface area contributed by atoms with Crippen LogP contribution in [0.15, 0.2) is 36.8 Å². The molecule has 0 unspecified atom stereocenters. The molecule has 0 aliphatic carbocycles. The molecular formula is C27H25FN8O3S. The second kappa shape index (κ2) is 10.8. The highest BCUT2D eigenvalue weighted by atomic mass is 32.1. The number of nitriles is 1. The third-order valence-corrected chi connectivity index (χ3v) is 7.93. The van der Waals surface area contributed by atoms with Crippen LogP contribution in [-0.2, 0) is 4.79 Å². The maximum Gasteiger partial charge on any atom is 0.321 e. The number of anilines is 2. The van der Waals surface area contributed by atoms with Crippen molar-refractivity contribution in [2.75, 3.05) is 29.9 Å². The molecular weight excluding hydrogens is 535 g/mol. The van der Waals surface area contributed by atoms with Gasteiger partial charge in [-0.05, 0) is 50.5 Å². The minimum absolute atomic E-state index is 0.0476. The first-order valence-electron chi connectivity index (χ1n) is 12.6. The summed E-state index contributed by atoms with van der Waals surface area (Å²) in [6, 6.07) is 6.16. The van der Waals surface area contributed by atoms with E-state index in [1.165, 1.54) is 17.5 Å². The number of halogens is 1. The Morgan fingerprint density at radius 1 is 1.15 bits per heavy atom. The average molecular weight is 561 g/mol. The van der Waals surface area contributed by atoms with E-state index >= 15 is 4.39 Å². The van der Waals surface area contributed by atoms with Gasteiger partial charge in [-0.3, -0.25) is 15.1 Å². The number of aromatic nitrogens is 4. The van der Waals surface area contributed by atoms with Crippen molar-refractivity contribution in [1.29, 1.82) is 5.26 Å². The number of carboxylic acids is 1. The van der Waals surface area contributed by atoms with Crippen LogP contribution in [0.5, 0.6) is 0 Å². The molecule has 1 fully saturated rings. The summed E-state index contributed by atoms with van der Waals surface area (Å²) in [6.07, 6.45) is 5.60. The minimum Gasteiger partial charge on any atom is -0.481 e. The van der Waals surface area contributed by atoms with Crippen LogP contribution in [0, 0.1) is 22.6 Å². The number of urea groups is 1. The molecule has 11 nitrogen and oxygen atoms in total. The Hall–Kier alpha value is -4.70. The van der Waals surface area contributed by atoms with Crippen molar-refractivity contribution in [3.63, 3.8) is 0 Å². The summed E-state index contributed by atoms with van der Waals surface area (Å²) in [7, 11) is 0. The molecule has 5 rings (SSSR count). The number of thiazole rings is 1. The summed E-state index contributed by atoms with van der Waals surface area (Å²) in [4.78, 5) is 43.4. The summed E-state index contributed by atoms with van der Waals surface area (Å²) >= 11 is 1.18. The number of piperidine rings is 1. The van der Waals surface area contributed by atoms with Gasteiger partial charge in [0.25, 0.3) is 0 Å². The van der Waals surface area contributed by atoms with Crippen molar-refractivity contribution in [2.45, 2.75) is 26.7 Å². The lowest BCUT2D eigenvalue weighted by molar-refractivity contribution is -0.149. The van der Waals surface area contributed by atoms with Crippen LogP contribution in [0.3, 0.4) is 0 Å². The number of pyridine rings is 1. The minimum atomic E-state index is -0.797. The lowest BCUT2D eigenvalue weighted by atomic mass is 9.80. The van der Waals surface area contributed by atoms with E-state index in [4.69, 9.17) is 5.26 Å². The summed E-state index contributed by atoms with van der Waals surface area (Å²) in [5, 5.41) is 24.3. The molecule has 4 heterocycles. The maximum atomic E-state index is 15.1. The van der Waals surface area contributed by atoms with Gasteiger partial charge in [0.2, 0.25) is 5.95 Å². The number of carbonyl (C=O) groups is 2. The number of aliphatic carboxylic acids is 1. The molecule has 0 spiro atoms. The topological polar surface area (TPSA) is 157 Å². The second-order valence-electron chi connectivity index (χ2n) is 9.67. The number of hydrogen-bond acceptors (Lipinski definition) is 9. The standard InChI is InChI=1S/C27H25FN8O3S/c1-3-30-25(39)35-26-34-20-10-16(9-18(22(20)40-26)21-19(28)8-15(11-29)12-31-21)17-13-32-24(33-14-17)36-6-4-27(2,5-7-36)23(37)38/h8-10,12-14H,3-7H2,1-2H3,(H,37,38)(H2,30,34,35,39). The van der Waals surface area contributed by atoms with E-state index < -0.39 is 23.2 Å². The predicted molar refractivity (Wildman–Crippen MR) is 148 cm³/mol. The third kappa shape index (κ3) is 5.26. The molecule has 3 N–H and O–H groups in total. The van der Waals surface area contributed by atoms with E-state index in [0.29, 0.717) is 70.5 Å². The molecule has 1 aromatic carbocycles. The number of amides is 2. The average Bonchev–Trinajstić information content (AvgIpc) is 3.35. The Morgan fingerprint density at radius 3 is 2.50 bits per heavy atom. The first-order valence-corrected chi connectivity index (χ1v) is 13.4. The van der Waals surface area contributed by atoms with Gasteiger partial charge < -0.3 is 15.3 Å². The van der Waals surface area contributed by atoms with Crippen LogP contribution < -0.4 is 15.5 Å². The number of hydrogen-bond donors (Lipinski definition) is 3. The molecule has 0 atom stereocenters. The SMILES string of the molecule is CCNC(=O)Nc1nc2cc(-c3cnc(N4CCC(C)(C(=O)O)CC4)nc3)cc(-c3ncc(C#N)cc3F)c2s1. The molecule has 1 saturated heterocycles. The molecule has 2 amide bonds. The first-order chi connectivity index (χ1) is 19.2. The Morgan fingerprint density at radius 2 is 1.88 bits per heavy atom.